The van der Waals surface area contributed by atoms with Gasteiger partial charge in [-0.25, -0.2) is 13.1 Å². The van der Waals surface area contributed by atoms with Crippen LogP contribution in [0.4, 0.5) is 0 Å². The van der Waals surface area contributed by atoms with E-state index in [0.29, 0.717) is 25.0 Å². The predicted octanol–water partition coefficient (Wildman–Crippen LogP) is -0.0183. The van der Waals surface area contributed by atoms with Gasteiger partial charge in [0.1, 0.15) is 0 Å². The number of ether oxygens (including phenoxy) is 1. The summed E-state index contributed by atoms with van der Waals surface area (Å²) in [6.07, 6.45) is 3.49. The van der Waals surface area contributed by atoms with Gasteiger partial charge in [-0.3, -0.25) is 9.89 Å². The number of sulfonamides is 1. The van der Waals surface area contributed by atoms with Crippen molar-refractivity contribution in [2.24, 2.45) is 10.9 Å². The van der Waals surface area contributed by atoms with Gasteiger partial charge in [-0.1, -0.05) is 6.42 Å². The van der Waals surface area contributed by atoms with Crippen LogP contribution in [0.25, 0.3) is 0 Å². The summed E-state index contributed by atoms with van der Waals surface area (Å²) < 4.78 is 32.2. The van der Waals surface area contributed by atoms with Crippen LogP contribution in [-0.4, -0.2) is 83.6 Å². The van der Waals surface area contributed by atoms with E-state index in [4.69, 9.17) is 4.74 Å². The fraction of sp³-hybridized carbons (Fsp3) is 0.941. The van der Waals surface area contributed by atoms with Crippen molar-refractivity contribution in [3.8, 4) is 0 Å². The maximum Gasteiger partial charge on any atom is 0.213 e. The molecule has 2 rings (SSSR count). The highest BCUT2D eigenvalue weighted by Gasteiger charge is 2.28. The van der Waals surface area contributed by atoms with E-state index in [9.17, 15) is 8.42 Å². The summed E-state index contributed by atoms with van der Waals surface area (Å²) in [7, 11) is -1.54. The molecule has 2 fully saturated rings. The summed E-state index contributed by atoms with van der Waals surface area (Å²) in [6.45, 7) is 9.38. The van der Waals surface area contributed by atoms with Crippen molar-refractivity contribution in [1.82, 2.24) is 20.3 Å². The lowest BCUT2D eigenvalue weighted by molar-refractivity contribution is -0.00833. The topological polar surface area (TPSA) is 95.1 Å². The molecular formula is C17H35N5O3S. The molecule has 8 nitrogen and oxygen atoms in total. The number of rotatable bonds is 9. The molecule has 0 spiro atoms. The molecule has 1 saturated heterocycles. The Hall–Kier alpha value is -0.900. The first kappa shape index (κ1) is 21.4. The third-order valence-corrected chi connectivity index (χ3v) is 6.61. The zero-order chi connectivity index (χ0) is 19.0. The zero-order valence-electron chi connectivity index (χ0n) is 16.4. The van der Waals surface area contributed by atoms with E-state index in [2.05, 4.69) is 39.1 Å². The Labute approximate surface area is 158 Å². The van der Waals surface area contributed by atoms with E-state index in [1.807, 2.05) is 0 Å². The number of morpholine rings is 1. The average molecular weight is 390 g/mol. The summed E-state index contributed by atoms with van der Waals surface area (Å²) in [6, 6.07) is 0. The molecule has 0 bridgehead atoms. The van der Waals surface area contributed by atoms with Crippen molar-refractivity contribution in [1.29, 1.82) is 0 Å². The first-order valence-corrected chi connectivity index (χ1v) is 11.2. The molecule has 26 heavy (non-hydrogen) atoms. The molecule has 0 atom stereocenters. The van der Waals surface area contributed by atoms with Gasteiger partial charge in [0.05, 0.1) is 19.0 Å². The first-order valence-electron chi connectivity index (χ1n) is 9.57. The van der Waals surface area contributed by atoms with Gasteiger partial charge in [0.2, 0.25) is 10.0 Å². The number of aliphatic imine (C=N–C) groups is 1. The van der Waals surface area contributed by atoms with Gasteiger partial charge in [0.25, 0.3) is 0 Å². The third kappa shape index (κ3) is 7.02. The molecule has 3 N–H and O–H groups in total. The van der Waals surface area contributed by atoms with Crippen LogP contribution in [0.1, 0.15) is 33.1 Å². The van der Waals surface area contributed by atoms with Crippen LogP contribution in [0.15, 0.2) is 4.99 Å². The number of guanidine groups is 1. The molecule has 9 heteroatoms. The lowest BCUT2D eigenvalue weighted by Crippen LogP contribution is -2.56. The Morgan fingerprint density at radius 3 is 2.50 bits per heavy atom. The average Bonchev–Trinajstić information content (AvgIpc) is 2.57. The smallest absolute Gasteiger partial charge is 0.213 e. The normalized spacial score (nSPS) is 20.7. The van der Waals surface area contributed by atoms with Crippen LogP contribution < -0.4 is 15.4 Å². The lowest BCUT2D eigenvalue weighted by atomic mass is 9.86. The molecule has 1 aliphatic carbocycles. The van der Waals surface area contributed by atoms with Gasteiger partial charge >= 0.3 is 0 Å². The third-order valence-electron chi connectivity index (χ3n) is 5.26. The Bertz CT molecular complexity index is 555. The Morgan fingerprint density at radius 1 is 1.23 bits per heavy atom. The van der Waals surface area contributed by atoms with Crippen LogP contribution in [0.3, 0.4) is 0 Å². The van der Waals surface area contributed by atoms with Crippen LogP contribution in [0, 0.1) is 5.92 Å². The molecule has 0 aromatic carbocycles. The van der Waals surface area contributed by atoms with Crippen LogP contribution >= 0.6 is 0 Å². The van der Waals surface area contributed by atoms with Crippen LogP contribution in [-0.2, 0) is 14.8 Å². The molecule has 2 aliphatic rings. The van der Waals surface area contributed by atoms with E-state index >= 15 is 0 Å². The van der Waals surface area contributed by atoms with Gasteiger partial charge < -0.3 is 15.4 Å². The van der Waals surface area contributed by atoms with Gasteiger partial charge in [-0.05, 0) is 32.6 Å². The molecule has 0 unspecified atom stereocenters. The Kier molecular flexibility index (Phi) is 8.12. The highest BCUT2D eigenvalue weighted by molar-refractivity contribution is 7.89. The van der Waals surface area contributed by atoms with Gasteiger partial charge in [0.15, 0.2) is 5.96 Å². The van der Waals surface area contributed by atoms with Gasteiger partial charge in [-0.15, -0.1) is 0 Å². The summed E-state index contributed by atoms with van der Waals surface area (Å²) >= 11 is 0. The maximum atomic E-state index is 12.0. The second-order valence-electron chi connectivity index (χ2n) is 7.73. The minimum absolute atomic E-state index is 0.0300. The standard InChI is InChI=1S/C17H35N5O3S/c1-17(2,22-8-10-25-11-9-22)14-20-16(18-3)19-7-12-26(23,24)21-13-15-5-4-6-15/h15,21H,4-14H2,1-3H3,(H2,18,19,20). The molecule has 1 heterocycles. The van der Waals surface area contributed by atoms with E-state index in [-0.39, 0.29) is 11.3 Å². The van der Waals surface area contributed by atoms with Crippen LogP contribution in [0.5, 0.6) is 0 Å². The second-order valence-corrected chi connectivity index (χ2v) is 9.66. The van der Waals surface area contributed by atoms with Crippen molar-refractivity contribution in [2.45, 2.75) is 38.6 Å². The van der Waals surface area contributed by atoms with E-state index < -0.39 is 10.0 Å². The highest BCUT2D eigenvalue weighted by atomic mass is 32.2. The van der Waals surface area contributed by atoms with Crippen LogP contribution in [0.2, 0.25) is 0 Å². The van der Waals surface area contributed by atoms with Crippen molar-refractivity contribution >= 4 is 16.0 Å². The fourth-order valence-corrected chi connectivity index (χ4v) is 4.12. The molecular weight excluding hydrogens is 354 g/mol. The summed E-state index contributed by atoms with van der Waals surface area (Å²) in [5.41, 5.74) is -0.0300. The van der Waals surface area contributed by atoms with Gasteiger partial charge in [-0.2, -0.15) is 0 Å². The Balaban J connectivity index is 1.68. The van der Waals surface area contributed by atoms with E-state index in [1.54, 1.807) is 7.05 Å². The second kappa shape index (κ2) is 9.87. The Morgan fingerprint density at radius 2 is 1.92 bits per heavy atom. The zero-order valence-corrected chi connectivity index (χ0v) is 17.2. The number of hydrogen-bond donors (Lipinski definition) is 3. The SMILES string of the molecule is CN=C(NCCS(=O)(=O)NCC1CCC1)NCC(C)(C)N1CCOCC1. The summed E-state index contributed by atoms with van der Waals surface area (Å²) in [5.74, 6) is 1.20. The molecule has 0 aromatic heterocycles. The lowest BCUT2D eigenvalue weighted by Gasteiger charge is -2.41. The van der Waals surface area contributed by atoms with Crippen molar-refractivity contribution in [3.63, 3.8) is 0 Å². The highest BCUT2D eigenvalue weighted by Crippen LogP contribution is 2.25. The molecule has 0 amide bonds. The molecule has 0 aromatic rings. The first-order chi connectivity index (χ1) is 12.3. The van der Waals surface area contributed by atoms with Crippen molar-refractivity contribution in [2.75, 3.05) is 58.7 Å². The monoisotopic (exact) mass is 389 g/mol. The molecule has 1 saturated carbocycles. The minimum atomic E-state index is -3.23. The molecule has 1 aliphatic heterocycles. The molecule has 0 radical (unpaired) electrons. The fourth-order valence-electron chi connectivity index (χ4n) is 3.12. The largest absolute Gasteiger partial charge is 0.379 e. The summed E-state index contributed by atoms with van der Waals surface area (Å²) in [5, 5.41) is 6.40. The number of hydrogen-bond acceptors (Lipinski definition) is 5. The minimum Gasteiger partial charge on any atom is -0.379 e. The molecule has 152 valence electrons. The maximum absolute atomic E-state index is 12.0. The number of nitrogens with zero attached hydrogens (tertiary/aromatic N) is 2. The summed E-state index contributed by atoms with van der Waals surface area (Å²) in [4.78, 5) is 6.58. The van der Waals surface area contributed by atoms with Gasteiger partial charge in [0, 0.05) is 45.3 Å². The number of nitrogens with one attached hydrogen (secondary N) is 3. The quantitative estimate of drug-likeness (QED) is 0.379. The van der Waals surface area contributed by atoms with E-state index in [1.165, 1.54) is 6.42 Å². The van der Waals surface area contributed by atoms with Crippen molar-refractivity contribution in [3.05, 3.63) is 0 Å². The predicted molar refractivity (Wildman–Crippen MR) is 105 cm³/mol. The van der Waals surface area contributed by atoms with Crippen molar-refractivity contribution < 1.29 is 13.2 Å². The van der Waals surface area contributed by atoms with E-state index in [0.717, 1.165) is 45.7 Å².